The lowest BCUT2D eigenvalue weighted by atomic mass is 9.94. The van der Waals surface area contributed by atoms with E-state index in [1.165, 1.54) is 32.8 Å². The third-order valence-electron chi connectivity index (χ3n) is 9.51. The first-order chi connectivity index (χ1) is 26.2. The molecule has 4 amide bonds. The third-order valence-corrected chi connectivity index (χ3v) is 9.82. The normalized spacial score (nSPS) is 16.8. The van der Waals surface area contributed by atoms with E-state index >= 15 is 0 Å². The predicted molar refractivity (Wildman–Crippen MR) is 217 cm³/mol. The minimum Gasteiger partial charge on any atom is -0.400 e. The van der Waals surface area contributed by atoms with Crippen LogP contribution in [-0.4, -0.2) is 134 Å². The quantitative estimate of drug-likeness (QED) is 0.0728. The van der Waals surface area contributed by atoms with E-state index in [1.807, 2.05) is 20.8 Å². The van der Waals surface area contributed by atoms with Gasteiger partial charge in [0.25, 0.3) is 0 Å². The Labute approximate surface area is 333 Å². The van der Waals surface area contributed by atoms with Gasteiger partial charge in [-0.3, -0.25) is 19.2 Å². The Bertz CT molecular complexity index is 1340. The Morgan fingerprint density at radius 3 is 2.18 bits per heavy atom. The number of amides is 4. The molecule has 0 spiro atoms. The average Bonchev–Trinajstić information content (AvgIpc) is 3.64. The molecule has 1 aromatic carbocycles. The topological polar surface area (TPSA) is 182 Å². The number of likely N-dealkylation sites (tertiary alicyclic amines) is 1. The summed E-state index contributed by atoms with van der Waals surface area (Å²) in [5.74, 6) is -2.05. The summed E-state index contributed by atoms with van der Waals surface area (Å²) in [4.78, 5) is 56.4. The molecule has 5 N–H and O–H groups in total. The molecule has 14 nitrogen and oxygen atoms in total. The van der Waals surface area contributed by atoms with Crippen LogP contribution in [0.1, 0.15) is 91.2 Å². The number of nitrogens with one attached hydrogen (secondary N) is 3. The van der Waals surface area contributed by atoms with Crippen LogP contribution >= 0.6 is 12.2 Å². The Hall–Kier alpha value is -3.15. The van der Waals surface area contributed by atoms with E-state index in [9.17, 15) is 28.1 Å². The van der Waals surface area contributed by atoms with E-state index in [2.05, 4.69) is 34.2 Å². The molecular formula is C39H69FN6O8S. The lowest BCUT2D eigenvalue weighted by molar-refractivity contribution is -0.144. The number of rotatable bonds is 20. The van der Waals surface area contributed by atoms with Crippen molar-refractivity contribution in [2.75, 3.05) is 55.1 Å². The zero-order valence-electron chi connectivity index (χ0n) is 35.1. The highest BCUT2D eigenvalue weighted by Gasteiger charge is 2.41. The van der Waals surface area contributed by atoms with Crippen molar-refractivity contribution in [3.8, 4) is 0 Å². The fraction of sp³-hybridized carbons (Fsp3) is 0.718. The van der Waals surface area contributed by atoms with E-state index in [4.69, 9.17) is 14.6 Å². The predicted octanol–water partition coefficient (Wildman–Crippen LogP) is 4.22. The SMILES string of the molecule is CCC.CCCC(C(CC(=O)N1CCCC1C(OC)C(C)C(=O)NC/C(=N/SO)c1ccc(F)cc1C)OC)N(C)C(=O)CNC(=O)C(NC)C(C)C.CO. The Balaban J connectivity index is 0.00000554. The van der Waals surface area contributed by atoms with Gasteiger partial charge in [-0.05, 0) is 62.9 Å². The Morgan fingerprint density at radius 2 is 1.67 bits per heavy atom. The fourth-order valence-electron chi connectivity index (χ4n) is 6.74. The monoisotopic (exact) mass is 800 g/mol. The smallest absolute Gasteiger partial charge is 0.242 e. The number of methoxy groups -OCH3 is 2. The van der Waals surface area contributed by atoms with Gasteiger partial charge >= 0.3 is 0 Å². The third kappa shape index (κ3) is 16.5. The molecule has 6 unspecified atom stereocenters. The van der Waals surface area contributed by atoms with Crippen molar-refractivity contribution in [3.63, 3.8) is 0 Å². The molecule has 0 aromatic heterocycles. The van der Waals surface area contributed by atoms with E-state index in [0.717, 1.165) is 20.0 Å². The van der Waals surface area contributed by atoms with Gasteiger partial charge in [-0.1, -0.05) is 54.4 Å². The molecule has 316 valence electrons. The first-order valence-electron chi connectivity index (χ1n) is 19.1. The second kappa shape index (κ2) is 28.3. The number of aliphatic hydroxyl groups is 1. The molecular weight excluding hydrogens is 732 g/mol. The van der Waals surface area contributed by atoms with Gasteiger partial charge in [0.05, 0.1) is 61.5 Å². The minimum atomic E-state index is -0.654. The fourth-order valence-corrected chi connectivity index (χ4v) is 7.00. The van der Waals surface area contributed by atoms with Crippen molar-refractivity contribution in [1.29, 1.82) is 0 Å². The minimum absolute atomic E-state index is 0.00892. The molecule has 2 rings (SSSR count). The molecule has 1 fully saturated rings. The average molecular weight is 801 g/mol. The number of nitrogens with zero attached hydrogens (tertiary/aromatic N) is 3. The van der Waals surface area contributed by atoms with Gasteiger partial charge in [0, 0.05) is 40.5 Å². The molecule has 1 aliphatic rings. The number of carbonyl (C=O) groups excluding carboxylic acids is 4. The maximum atomic E-state index is 13.9. The number of likely N-dealkylation sites (N-methyl/N-ethyl adjacent to an activating group) is 2. The number of hydrogen-bond donors (Lipinski definition) is 5. The molecule has 1 aromatic rings. The number of ether oxygens (including phenoxy) is 2. The molecule has 0 aliphatic carbocycles. The van der Waals surface area contributed by atoms with Crippen molar-refractivity contribution in [1.82, 2.24) is 25.8 Å². The molecule has 0 radical (unpaired) electrons. The summed E-state index contributed by atoms with van der Waals surface area (Å²) in [5, 5.41) is 15.6. The van der Waals surface area contributed by atoms with Gasteiger partial charge in [-0.25, -0.2) is 4.39 Å². The van der Waals surface area contributed by atoms with E-state index < -0.39 is 36.0 Å². The largest absolute Gasteiger partial charge is 0.400 e. The second-order valence-corrected chi connectivity index (χ2v) is 14.2. The molecule has 0 bridgehead atoms. The summed E-state index contributed by atoms with van der Waals surface area (Å²) in [6, 6.07) is 2.98. The highest BCUT2D eigenvalue weighted by molar-refractivity contribution is 7.92. The first-order valence-corrected chi connectivity index (χ1v) is 19.8. The summed E-state index contributed by atoms with van der Waals surface area (Å²) in [5.41, 5.74) is 1.58. The van der Waals surface area contributed by atoms with Gasteiger partial charge in [0.2, 0.25) is 23.6 Å². The summed E-state index contributed by atoms with van der Waals surface area (Å²) in [6.45, 7) is 13.8. The number of carbonyl (C=O) groups is 4. The van der Waals surface area contributed by atoms with Crippen molar-refractivity contribution < 1.29 is 42.7 Å². The molecule has 1 heterocycles. The molecule has 6 atom stereocenters. The Morgan fingerprint density at radius 1 is 1.05 bits per heavy atom. The number of benzene rings is 1. The van der Waals surface area contributed by atoms with Crippen LogP contribution in [0.4, 0.5) is 4.39 Å². The van der Waals surface area contributed by atoms with Crippen LogP contribution in [-0.2, 0) is 28.7 Å². The summed E-state index contributed by atoms with van der Waals surface area (Å²) in [7, 11) is 7.40. The van der Waals surface area contributed by atoms with Gasteiger partial charge in [0.15, 0.2) is 0 Å². The van der Waals surface area contributed by atoms with E-state index in [1.54, 1.807) is 43.8 Å². The number of halogens is 1. The lowest BCUT2D eigenvalue weighted by Gasteiger charge is -2.37. The molecule has 1 saturated heterocycles. The summed E-state index contributed by atoms with van der Waals surface area (Å²) >= 11 is 0.256. The number of aliphatic hydroxyl groups excluding tert-OH is 1. The second-order valence-electron chi connectivity index (χ2n) is 13.9. The zero-order valence-corrected chi connectivity index (χ0v) is 35.9. The highest BCUT2D eigenvalue weighted by Crippen LogP contribution is 2.28. The lowest BCUT2D eigenvalue weighted by Crippen LogP contribution is -2.53. The van der Waals surface area contributed by atoms with Crippen LogP contribution < -0.4 is 16.0 Å². The van der Waals surface area contributed by atoms with Crippen LogP contribution in [0.3, 0.4) is 0 Å². The maximum absolute atomic E-state index is 13.9. The van der Waals surface area contributed by atoms with Gasteiger partial charge in [0.1, 0.15) is 18.0 Å². The highest BCUT2D eigenvalue weighted by atomic mass is 32.2. The Kier molecular flexibility index (Phi) is 26.7. The van der Waals surface area contributed by atoms with Crippen molar-refractivity contribution >= 4 is 41.6 Å². The van der Waals surface area contributed by atoms with Crippen LogP contribution in [0.5, 0.6) is 0 Å². The van der Waals surface area contributed by atoms with Gasteiger partial charge in [-0.15, -0.1) is 0 Å². The van der Waals surface area contributed by atoms with Crippen LogP contribution in [0, 0.1) is 24.6 Å². The molecule has 0 saturated carbocycles. The summed E-state index contributed by atoms with van der Waals surface area (Å²) in [6.07, 6.45) is 2.75. The number of hydrogen-bond acceptors (Lipinski definition) is 11. The molecule has 16 heteroatoms. The summed E-state index contributed by atoms with van der Waals surface area (Å²) < 4.78 is 38.8. The van der Waals surface area contributed by atoms with Crippen molar-refractivity contribution in [2.24, 2.45) is 16.2 Å². The van der Waals surface area contributed by atoms with Gasteiger partial charge < -0.3 is 44.9 Å². The zero-order chi connectivity index (χ0) is 42.2. The van der Waals surface area contributed by atoms with Crippen LogP contribution in [0.15, 0.2) is 22.6 Å². The molecule has 55 heavy (non-hydrogen) atoms. The van der Waals surface area contributed by atoms with E-state index in [-0.39, 0.29) is 67.3 Å². The maximum Gasteiger partial charge on any atom is 0.242 e. The standard InChI is InChI=1S/C35H57FN6O7S.C3H8.CH4O/c1-10-12-27(41(7)31(44)20-39-35(46)32(37-6)21(2)3)29(48-8)18-30(43)42-16-11-13-28(42)33(49-9)23(5)34(45)38-19-26(40-50-47)25-15-14-24(36)17-22(25)4;1-3-2;1-2/h14-15,17,21,23,27-29,32-33,37,47H,10-13,16,18-20H2,1-9H3,(H,38,45)(H,39,46);3H2,1-2H3;2H,1H3/b40-26-;;. The number of aryl methyl sites for hydroxylation is 1. The van der Waals surface area contributed by atoms with Crippen molar-refractivity contribution in [3.05, 3.63) is 35.1 Å². The van der Waals surface area contributed by atoms with Gasteiger partial charge in [-0.2, -0.15) is 4.40 Å². The van der Waals surface area contributed by atoms with Crippen LogP contribution in [0.25, 0.3) is 0 Å². The first kappa shape index (κ1) is 51.9. The molecule has 1 aliphatic heterocycles. The van der Waals surface area contributed by atoms with Crippen molar-refractivity contribution in [2.45, 2.75) is 117 Å². The van der Waals surface area contributed by atoms with Crippen LogP contribution in [0.2, 0.25) is 0 Å². The van der Waals surface area contributed by atoms with E-state index in [0.29, 0.717) is 36.2 Å².